The van der Waals surface area contributed by atoms with Crippen LogP contribution in [0.4, 0.5) is 9.93 Å². The molecule has 0 aliphatic carbocycles. The van der Waals surface area contributed by atoms with Crippen molar-refractivity contribution in [3.8, 4) is 0 Å². The number of aromatic nitrogens is 2. The van der Waals surface area contributed by atoms with Crippen LogP contribution in [-0.2, 0) is 54.3 Å². The standard InChI is InChI=1S/C47H86FN9O11Si/c1-43(2,3)66-40(62)32-54-19-17-53(18-20-55(33-41(63)67-44(4,5)6)22-24-56(23-21-54)34-42(64)68-45(7,8)9)31-37(59)49-16-26-65-27-25-57-38(69(48,46(10,11)12)47(13,14)15)28-35(52-57)50-29-36(58)51-30-39(60)61/h28H,16-27,29-34H2,1-15H3,(H,49,59)(H,50,52)(H,51,58)(H,60,61). The SMILES string of the molecule is CC(C)(C)OC(=O)CN1CCN(CC(=O)NCCOCCn2nc(NCC(=O)NCC(=O)O)cc2[Si](F)(C(C)(C)C)C(C)(C)C)CCN(CC(=O)OC(C)(C)C)CCN(CC(=O)OC(C)(C)C)CC1. The second-order valence-electron chi connectivity index (χ2n) is 22.6. The summed E-state index contributed by atoms with van der Waals surface area (Å²) in [6.45, 7) is 30.7. The maximum absolute atomic E-state index is 17.6. The molecule has 0 spiro atoms. The van der Waals surface area contributed by atoms with Crippen LogP contribution < -0.4 is 21.3 Å². The van der Waals surface area contributed by atoms with Crippen LogP contribution in [-0.4, -0.2) is 207 Å². The van der Waals surface area contributed by atoms with E-state index in [9.17, 15) is 28.8 Å². The molecular formula is C47H86FN9O11Si. The van der Waals surface area contributed by atoms with Crippen molar-refractivity contribution in [2.45, 2.75) is 137 Å². The number of carboxylic acids is 1. The first-order valence-electron chi connectivity index (χ1n) is 24.0. The third-order valence-electron chi connectivity index (χ3n) is 10.7. The molecule has 1 aromatic heterocycles. The number of nitrogens with zero attached hydrogens (tertiary/aromatic N) is 6. The van der Waals surface area contributed by atoms with Crippen molar-refractivity contribution in [1.29, 1.82) is 0 Å². The van der Waals surface area contributed by atoms with Gasteiger partial charge >= 0.3 is 32.3 Å². The number of carbonyl (C=O) groups excluding carboxylic acids is 5. The minimum Gasteiger partial charge on any atom is -0.480 e. The molecule has 0 radical (unpaired) electrons. The van der Waals surface area contributed by atoms with Crippen molar-refractivity contribution in [1.82, 2.24) is 40.0 Å². The average molecular weight is 1000 g/mol. The number of anilines is 1. The summed E-state index contributed by atoms with van der Waals surface area (Å²) in [5.74, 6) is -2.88. The molecule has 1 aliphatic rings. The van der Waals surface area contributed by atoms with Gasteiger partial charge in [-0.05, 0) is 72.4 Å². The molecule has 0 saturated carbocycles. The molecule has 1 aliphatic heterocycles. The van der Waals surface area contributed by atoms with E-state index in [-0.39, 0.29) is 76.7 Å². The van der Waals surface area contributed by atoms with Gasteiger partial charge in [-0.15, -0.1) is 0 Å². The largest absolute Gasteiger partial charge is 0.480 e. The molecule has 2 rings (SSSR count). The molecule has 1 aromatic rings. The Balaban J connectivity index is 2.22. The number of halogens is 1. The Labute approximate surface area is 411 Å². The van der Waals surface area contributed by atoms with Crippen LogP contribution in [0.15, 0.2) is 6.07 Å². The van der Waals surface area contributed by atoms with E-state index in [1.165, 1.54) is 0 Å². The van der Waals surface area contributed by atoms with Crippen molar-refractivity contribution in [2.24, 2.45) is 0 Å². The van der Waals surface area contributed by atoms with Crippen LogP contribution in [0.5, 0.6) is 0 Å². The normalized spacial score (nSPS) is 16.2. The number of carbonyl (C=O) groups is 6. The molecule has 0 bridgehead atoms. The van der Waals surface area contributed by atoms with Gasteiger partial charge in [-0.1, -0.05) is 41.5 Å². The van der Waals surface area contributed by atoms with Gasteiger partial charge in [0.15, 0.2) is 0 Å². The first-order chi connectivity index (χ1) is 31.6. The first kappa shape index (κ1) is 60.9. The summed E-state index contributed by atoms with van der Waals surface area (Å²) in [5.41, 5.74) is -2.04. The number of hydrogen-bond acceptors (Lipinski definition) is 16. The number of esters is 3. The summed E-state index contributed by atoms with van der Waals surface area (Å²) in [6, 6.07) is 1.63. The lowest BCUT2D eigenvalue weighted by atomic mass is 10.2. The quantitative estimate of drug-likeness (QED) is 0.0484. The van der Waals surface area contributed by atoms with E-state index in [0.717, 1.165) is 0 Å². The van der Waals surface area contributed by atoms with Gasteiger partial charge < -0.3 is 44.1 Å². The summed E-state index contributed by atoms with van der Waals surface area (Å²) in [7, 11) is -3.84. The van der Waals surface area contributed by atoms with E-state index in [1.54, 1.807) is 52.3 Å². The van der Waals surface area contributed by atoms with Crippen LogP contribution in [0, 0.1) is 0 Å². The molecule has 1 saturated heterocycles. The zero-order chi connectivity index (χ0) is 52.6. The Morgan fingerprint density at radius 1 is 0.594 bits per heavy atom. The van der Waals surface area contributed by atoms with Gasteiger partial charge in [0.2, 0.25) is 11.8 Å². The van der Waals surface area contributed by atoms with Crippen molar-refractivity contribution >= 4 is 55.2 Å². The van der Waals surface area contributed by atoms with E-state index in [2.05, 4.69) is 21.0 Å². The van der Waals surface area contributed by atoms with E-state index in [0.29, 0.717) is 57.7 Å². The van der Waals surface area contributed by atoms with Crippen LogP contribution >= 0.6 is 0 Å². The molecule has 69 heavy (non-hydrogen) atoms. The molecule has 2 heterocycles. The summed E-state index contributed by atoms with van der Waals surface area (Å²) in [5, 5.41) is 20.6. The van der Waals surface area contributed by atoms with E-state index < -0.39 is 65.6 Å². The lowest BCUT2D eigenvalue weighted by molar-refractivity contribution is -0.158. The van der Waals surface area contributed by atoms with Crippen molar-refractivity contribution < 1.29 is 56.9 Å². The number of carboxylic acid groups (broad SMARTS) is 1. The fraction of sp³-hybridized carbons (Fsp3) is 0.809. The van der Waals surface area contributed by atoms with Gasteiger partial charge in [0.25, 0.3) is 0 Å². The van der Waals surface area contributed by atoms with Gasteiger partial charge in [-0.3, -0.25) is 53.0 Å². The first-order valence-corrected chi connectivity index (χ1v) is 25.8. The Kier molecular flexibility index (Phi) is 23.2. The molecule has 0 aromatic carbocycles. The highest BCUT2D eigenvalue weighted by Gasteiger charge is 2.59. The van der Waals surface area contributed by atoms with Gasteiger partial charge in [-0.2, -0.15) is 5.10 Å². The van der Waals surface area contributed by atoms with Gasteiger partial charge in [-0.25, -0.2) is 0 Å². The van der Waals surface area contributed by atoms with E-state index in [4.69, 9.17) is 24.1 Å². The van der Waals surface area contributed by atoms with Crippen molar-refractivity contribution in [3.05, 3.63) is 6.07 Å². The highest BCUT2D eigenvalue weighted by Crippen LogP contribution is 2.51. The van der Waals surface area contributed by atoms with Crippen LogP contribution in [0.3, 0.4) is 0 Å². The van der Waals surface area contributed by atoms with Crippen molar-refractivity contribution in [2.75, 3.05) is 117 Å². The molecule has 2 amide bonds. The van der Waals surface area contributed by atoms with Crippen molar-refractivity contribution in [3.63, 3.8) is 0 Å². The smallest absolute Gasteiger partial charge is 0.322 e. The number of aliphatic carboxylic acids is 1. The zero-order valence-electron chi connectivity index (χ0n) is 44.4. The van der Waals surface area contributed by atoms with Gasteiger partial charge in [0.1, 0.15) is 29.2 Å². The van der Waals surface area contributed by atoms with Gasteiger partial charge in [0, 0.05) is 65.0 Å². The Hall–Kier alpha value is -4.22. The lowest BCUT2D eigenvalue weighted by Crippen LogP contribution is -2.60. The third kappa shape index (κ3) is 23.5. The molecule has 1 fully saturated rings. The number of rotatable bonds is 20. The van der Waals surface area contributed by atoms with Crippen LogP contribution in [0.2, 0.25) is 10.1 Å². The third-order valence-corrected chi connectivity index (χ3v) is 15.9. The fourth-order valence-corrected chi connectivity index (χ4v) is 12.5. The number of amides is 2. The molecule has 4 N–H and O–H groups in total. The highest BCUT2D eigenvalue weighted by atomic mass is 28.4. The van der Waals surface area contributed by atoms with E-state index >= 15 is 4.11 Å². The summed E-state index contributed by atoms with van der Waals surface area (Å²) < 4.78 is 42.0. The Bertz CT molecular complexity index is 1790. The minimum atomic E-state index is -3.84. The zero-order valence-corrected chi connectivity index (χ0v) is 45.4. The Morgan fingerprint density at radius 3 is 1.35 bits per heavy atom. The summed E-state index contributed by atoms with van der Waals surface area (Å²) in [4.78, 5) is 83.6. The minimum absolute atomic E-state index is 0.00417. The highest BCUT2D eigenvalue weighted by molar-refractivity contribution is 6.90. The molecular weight excluding hydrogens is 914 g/mol. The molecule has 396 valence electrons. The second-order valence-corrected chi connectivity index (χ2v) is 27.5. The van der Waals surface area contributed by atoms with Crippen LogP contribution in [0.25, 0.3) is 0 Å². The Morgan fingerprint density at radius 2 is 0.986 bits per heavy atom. The van der Waals surface area contributed by atoms with E-state index in [1.807, 2.05) is 81.9 Å². The topological polar surface area (TPSA) is 226 Å². The number of nitrogens with one attached hydrogen (secondary N) is 3. The summed E-state index contributed by atoms with van der Waals surface area (Å²) >= 11 is 0. The van der Waals surface area contributed by atoms with Gasteiger partial charge in [0.05, 0.1) is 57.8 Å². The number of hydrogen-bond donors (Lipinski definition) is 4. The maximum Gasteiger partial charge on any atom is 0.322 e. The molecule has 22 heteroatoms. The maximum atomic E-state index is 17.6. The average Bonchev–Trinajstić information content (AvgIpc) is 3.57. The lowest BCUT2D eigenvalue weighted by Gasteiger charge is -2.44. The molecule has 0 atom stereocenters. The molecule has 20 nitrogen and oxygen atoms in total. The summed E-state index contributed by atoms with van der Waals surface area (Å²) in [6.07, 6.45) is 0. The van der Waals surface area contributed by atoms with Crippen LogP contribution in [0.1, 0.15) is 104 Å². The second kappa shape index (κ2) is 26.3. The fourth-order valence-electron chi connectivity index (χ4n) is 7.91. The molecule has 0 unspecified atom stereocenters. The number of ether oxygens (including phenoxy) is 4. The predicted octanol–water partition coefficient (Wildman–Crippen LogP) is 2.60. The predicted molar refractivity (Wildman–Crippen MR) is 264 cm³/mol. The monoisotopic (exact) mass is 1000 g/mol.